The normalized spacial score (nSPS) is 24.8. The third-order valence-corrected chi connectivity index (χ3v) is 4.84. The maximum Gasteiger partial charge on any atom is 0.437 e. The Balaban J connectivity index is 2.12. The molecular formula is C19H17F3N2O3S. The number of Topliss-reactive ketones (excluding diaryl/α,β-unsaturated/α-hetero) is 1. The molecule has 0 aliphatic carbocycles. The number of aliphatic hydroxyl groups is 1. The minimum absolute atomic E-state index is 0.00539. The minimum Gasteiger partial charge on any atom is -0.497 e. The van der Waals surface area contributed by atoms with Gasteiger partial charge in [0.1, 0.15) is 11.7 Å². The van der Waals surface area contributed by atoms with Gasteiger partial charge in [-0.15, -0.1) is 0 Å². The van der Waals surface area contributed by atoms with Crippen LogP contribution in [0.3, 0.4) is 0 Å². The Morgan fingerprint density at radius 3 is 2.29 bits per heavy atom. The van der Waals surface area contributed by atoms with Crippen molar-refractivity contribution in [3.8, 4) is 5.75 Å². The molecule has 0 radical (unpaired) electrons. The Morgan fingerprint density at radius 1 is 1.14 bits per heavy atom. The van der Waals surface area contributed by atoms with Gasteiger partial charge in [0, 0.05) is 5.56 Å². The van der Waals surface area contributed by atoms with E-state index in [0.717, 1.165) is 0 Å². The molecule has 0 bridgehead atoms. The van der Waals surface area contributed by atoms with Crippen molar-refractivity contribution in [2.45, 2.75) is 17.9 Å². The Labute approximate surface area is 164 Å². The molecule has 3 atom stereocenters. The molecule has 28 heavy (non-hydrogen) atoms. The predicted molar refractivity (Wildman–Crippen MR) is 99.9 cm³/mol. The van der Waals surface area contributed by atoms with Crippen LogP contribution in [0.25, 0.3) is 0 Å². The van der Waals surface area contributed by atoms with Gasteiger partial charge in [-0.05, 0) is 42.0 Å². The SMILES string of the molecule is COc1ccc(C(=O)C2C(c3ccccc3)NC(=S)NC2(O)C(F)(F)F)cc1. The molecule has 3 unspecified atom stereocenters. The highest BCUT2D eigenvalue weighted by atomic mass is 32.1. The van der Waals surface area contributed by atoms with Gasteiger partial charge in [-0.3, -0.25) is 4.79 Å². The summed E-state index contributed by atoms with van der Waals surface area (Å²) in [6.07, 6.45) is -5.15. The van der Waals surface area contributed by atoms with E-state index in [0.29, 0.717) is 11.3 Å². The van der Waals surface area contributed by atoms with E-state index in [2.05, 4.69) is 5.32 Å². The van der Waals surface area contributed by atoms with Crippen molar-refractivity contribution in [3.63, 3.8) is 0 Å². The van der Waals surface area contributed by atoms with E-state index in [4.69, 9.17) is 17.0 Å². The van der Waals surface area contributed by atoms with Crippen LogP contribution in [0.5, 0.6) is 5.75 Å². The summed E-state index contributed by atoms with van der Waals surface area (Å²) in [6.45, 7) is 0. The highest BCUT2D eigenvalue weighted by Crippen LogP contribution is 2.44. The van der Waals surface area contributed by atoms with Crippen molar-refractivity contribution < 1.29 is 27.8 Å². The van der Waals surface area contributed by atoms with E-state index in [9.17, 15) is 23.1 Å². The molecule has 0 saturated carbocycles. The fraction of sp³-hybridized carbons (Fsp3) is 0.263. The van der Waals surface area contributed by atoms with Gasteiger partial charge < -0.3 is 20.5 Å². The number of carbonyl (C=O) groups is 1. The number of thiocarbonyl (C=S) groups is 1. The van der Waals surface area contributed by atoms with Crippen LogP contribution in [-0.4, -0.2) is 35.0 Å². The monoisotopic (exact) mass is 410 g/mol. The van der Waals surface area contributed by atoms with Crippen molar-refractivity contribution in [2.75, 3.05) is 7.11 Å². The van der Waals surface area contributed by atoms with Crippen molar-refractivity contribution in [1.29, 1.82) is 0 Å². The molecule has 5 nitrogen and oxygen atoms in total. The smallest absolute Gasteiger partial charge is 0.437 e. The first-order chi connectivity index (χ1) is 13.2. The van der Waals surface area contributed by atoms with Gasteiger partial charge in [-0.25, -0.2) is 0 Å². The standard InChI is InChI=1S/C19H17F3N2O3S/c1-27-13-9-7-12(8-10-13)16(25)14-15(11-5-3-2-4-6-11)23-17(28)24-18(14,26)19(20,21)22/h2-10,14-15,26H,1H3,(H2,23,24,28). The lowest BCUT2D eigenvalue weighted by molar-refractivity contribution is -0.285. The van der Waals surface area contributed by atoms with Gasteiger partial charge in [0.25, 0.3) is 0 Å². The number of rotatable bonds is 4. The summed E-state index contributed by atoms with van der Waals surface area (Å²) in [5.41, 5.74) is -3.14. The first-order valence-electron chi connectivity index (χ1n) is 8.28. The molecule has 9 heteroatoms. The molecule has 1 fully saturated rings. The van der Waals surface area contributed by atoms with Crippen molar-refractivity contribution >= 4 is 23.1 Å². The van der Waals surface area contributed by atoms with E-state index >= 15 is 0 Å². The highest BCUT2D eigenvalue weighted by molar-refractivity contribution is 7.80. The van der Waals surface area contributed by atoms with Gasteiger partial charge in [-0.2, -0.15) is 13.2 Å². The summed E-state index contributed by atoms with van der Waals surface area (Å²) in [4.78, 5) is 13.1. The molecule has 1 aliphatic heterocycles. The second-order valence-corrected chi connectivity index (χ2v) is 6.73. The van der Waals surface area contributed by atoms with E-state index < -0.39 is 34.8 Å². The number of ketones is 1. The molecule has 2 aromatic rings. The summed E-state index contributed by atoms with van der Waals surface area (Å²) in [5, 5.41) is 14.8. The van der Waals surface area contributed by atoms with Crippen LogP contribution in [0.1, 0.15) is 22.0 Å². The van der Waals surface area contributed by atoms with Crippen LogP contribution in [0.15, 0.2) is 54.6 Å². The summed E-state index contributed by atoms with van der Waals surface area (Å²) < 4.78 is 46.6. The number of alkyl halides is 3. The fourth-order valence-electron chi connectivity index (χ4n) is 3.21. The molecule has 3 N–H and O–H groups in total. The zero-order chi connectivity index (χ0) is 20.5. The van der Waals surface area contributed by atoms with Gasteiger partial charge in [0.2, 0.25) is 5.72 Å². The molecule has 148 valence electrons. The summed E-state index contributed by atoms with van der Waals surface area (Å²) in [7, 11) is 1.43. The van der Waals surface area contributed by atoms with E-state index in [1.807, 2.05) is 5.32 Å². The molecule has 1 heterocycles. The average Bonchev–Trinajstić information content (AvgIpc) is 2.67. The van der Waals surface area contributed by atoms with Crippen LogP contribution in [0, 0.1) is 5.92 Å². The quantitative estimate of drug-likeness (QED) is 0.532. The van der Waals surface area contributed by atoms with E-state index in [1.165, 1.54) is 31.4 Å². The van der Waals surface area contributed by atoms with Crippen LogP contribution in [0.2, 0.25) is 0 Å². The van der Waals surface area contributed by atoms with Crippen LogP contribution >= 0.6 is 12.2 Å². The topological polar surface area (TPSA) is 70.6 Å². The lowest BCUT2D eigenvalue weighted by atomic mass is 9.77. The number of carbonyl (C=O) groups excluding carboxylic acids is 1. The lowest BCUT2D eigenvalue weighted by Gasteiger charge is -2.46. The van der Waals surface area contributed by atoms with Gasteiger partial charge in [0.15, 0.2) is 10.9 Å². The van der Waals surface area contributed by atoms with E-state index in [-0.39, 0.29) is 5.56 Å². The number of methoxy groups -OCH3 is 1. The maximum atomic E-state index is 13.9. The first kappa shape index (κ1) is 20.1. The molecule has 1 aliphatic rings. The Kier molecular flexibility index (Phi) is 5.31. The van der Waals surface area contributed by atoms with Crippen molar-refractivity contribution in [3.05, 3.63) is 65.7 Å². The maximum absolute atomic E-state index is 13.9. The Hall–Kier alpha value is -2.65. The number of nitrogens with one attached hydrogen (secondary N) is 2. The largest absolute Gasteiger partial charge is 0.497 e. The predicted octanol–water partition coefficient (Wildman–Crippen LogP) is 2.96. The first-order valence-corrected chi connectivity index (χ1v) is 8.69. The molecular weight excluding hydrogens is 393 g/mol. The molecule has 0 amide bonds. The summed E-state index contributed by atoms with van der Waals surface area (Å²) in [6, 6.07) is 12.5. The van der Waals surface area contributed by atoms with Gasteiger partial charge in [0.05, 0.1) is 13.2 Å². The summed E-state index contributed by atoms with van der Waals surface area (Å²) in [5.74, 6) is -2.36. The number of halogens is 3. The zero-order valence-electron chi connectivity index (χ0n) is 14.7. The van der Waals surface area contributed by atoms with Gasteiger partial charge in [-0.1, -0.05) is 30.3 Å². The molecule has 0 spiro atoms. The molecule has 2 aromatic carbocycles. The molecule has 0 aromatic heterocycles. The van der Waals surface area contributed by atoms with Crippen LogP contribution in [-0.2, 0) is 0 Å². The van der Waals surface area contributed by atoms with Crippen molar-refractivity contribution in [2.24, 2.45) is 5.92 Å². The Morgan fingerprint density at radius 2 is 1.75 bits per heavy atom. The second kappa shape index (κ2) is 7.40. The van der Waals surface area contributed by atoms with Crippen molar-refractivity contribution in [1.82, 2.24) is 10.6 Å². The molecule has 1 saturated heterocycles. The van der Waals surface area contributed by atoms with Crippen LogP contribution < -0.4 is 15.4 Å². The van der Waals surface area contributed by atoms with E-state index in [1.54, 1.807) is 30.3 Å². The van der Waals surface area contributed by atoms with Gasteiger partial charge >= 0.3 is 6.18 Å². The zero-order valence-corrected chi connectivity index (χ0v) is 15.5. The number of ether oxygens (including phenoxy) is 1. The minimum atomic E-state index is -5.15. The lowest BCUT2D eigenvalue weighted by Crippen LogP contribution is -2.72. The Bertz CT molecular complexity index is 874. The molecule has 3 rings (SSSR count). The third kappa shape index (κ3) is 3.55. The highest BCUT2D eigenvalue weighted by Gasteiger charge is 2.65. The third-order valence-electron chi connectivity index (χ3n) is 4.62. The van der Waals surface area contributed by atoms with Crippen LogP contribution in [0.4, 0.5) is 13.2 Å². The number of hydrogen-bond donors (Lipinski definition) is 3. The second-order valence-electron chi connectivity index (χ2n) is 6.32. The number of benzene rings is 2. The fourth-order valence-corrected chi connectivity index (χ4v) is 3.49. The average molecular weight is 410 g/mol. The summed E-state index contributed by atoms with van der Waals surface area (Å²) >= 11 is 4.88. The number of hydrogen-bond acceptors (Lipinski definition) is 4.